The molecular weight excluding hydrogens is 324 g/mol. The Kier molecular flexibility index (Phi) is 3.81. The van der Waals surface area contributed by atoms with Gasteiger partial charge in [-0.15, -0.1) is 0 Å². The summed E-state index contributed by atoms with van der Waals surface area (Å²) in [5.74, 6) is 0.948. The second kappa shape index (κ2) is 5.86. The SMILES string of the molecule is Cc1cccc(S(=O)(=O)N2C[C@H]3CC[C@H]2[C@@H]3Oc2cccnc2)c1. The first-order chi connectivity index (χ1) is 11.6. The Labute approximate surface area is 142 Å². The van der Waals surface area contributed by atoms with Gasteiger partial charge in [-0.05, 0) is 49.6 Å². The van der Waals surface area contributed by atoms with Crippen molar-refractivity contribution in [2.24, 2.45) is 5.92 Å². The van der Waals surface area contributed by atoms with Gasteiger partial charge in [0.2, 0.25) is 10.0 Å². The standard InChI is InChI=1S/C18H20N2O3S/c1-13-4-2-6-16(10-13)24(21,22)20-12-14-7-8-17(20)18(14)23-15-5-3-9-19-11-15/h2-6,9-11,14,17-18H,7-8,12H2,1H3/t14-,17+,18-/m1/s1. The molecule has 2 bridgehead atoms. The van der Waals surface area contributed by atoms with E-state index in [9.17, 15) is 8.42 Å². The molecule has 126 valence electrons. The van der Waals surface area contributed by atoms with Crippen molar-refractivity contribution in [2.45, 2.75) is 36.8 Å². The van der Waals surface area contributed by atoms with Gasteiger partial charge in [0.1, 0.15) is 11.9 Å². The number of rotatable bonds is 4. The van der Waals surface area contributed by atoms with E-state index in [1.165, 1.54) is 0 Å². The molecule has 1 aliphatic carbocycles. The number of sulfonamides is 1. The molecule has 24 heavy (non-hydrogen) atoms. The van der Waals surface area contributed by atoms with Crippen molar-refractivity contribution in [3.63, 3.8) is 0 Å². The van der Waals surface area contributed by atoms with Gasteiger partial charge in [0, 0.05) is 18.7 Å². The second-order valence-corrected chi connectivity index (χ2v) is 8.46. The summed E-state index contributed by atoms with van der Waals surface area (Å²) in [5.41, 5.74) is 0.948. The first kappa shape index (κ1) is 15.6. The number of ether oxygens (including phenoxy) is 1. The lowest BCUT2D eigenvalue weighted by Gasteiger charge is -2.26. The van der Waals surface area contributed by atoms with Gasteiger partial charge >= 0.3 is 0 Å². The van der Waals surface area contributed by atoms with E-state index in [2.05, 4.69) is 4.98 Å². The lowest BCUT2D eigenvalue weighted by Crippen LogP contribution is -2.40. The molecule has 0 unspecified atom stereocenters. The smallest absolute Gasteiger partial charge is 0.243 e. The highest BCUT2D eigenvalue weighted by atomic mass is 32.2. The van der Waals surface area contributed by atoms with Crippen molar-refractivity contribution in [2.75, 3.05) is 6.54 Å². The highest BCUT2D eigenvalue weighted by molar-refractivity contribution is 7.89. The number of nitrogens with zero attached hydrogens (tertiary/aromatic N) is 2. The summed E-state index contributed by atoms with van der Waals surface area (Å²) in [5, 5.41) is 0. The monoisotopic (exact) mass is 344 g/mol. The third-order valence-corrected chi connectivity index (χ3v) is 6.85. The van der Waals surface area contributed by atoms with Gasteiger partial charge in [-0.2, -0.15) is 4.31 Å². The van der Waals surface area contributed by atoms with E-state index in [1.54, 1.807) is 34.9 Å². The first-order valence-corrected chi connectivity index (χ1v) is 9.65. The zero-order valence-corrected chi connectivity index (χ0v) is 14.3. The van der Waals surface area contributed by atoms with Crippen LogP contribution in [0.4, 0.5) is 0 Å². The van der Waals surface area contributed by atoms with E-state index in [4.69, 9.17) is 4.74 Å². The Balaban J connectivity index is 1.60. The molecule has 5 nitrogen and oxygen atoms in total. The van der Waals surface area contributed by atoms with E-state index in [1.807, 2.05) is 25.1 Å². The van der Waals surface area contributed by atoms with Crippen LogP contribution in [-0.2, 0) is 10.0 Å². The minimum atomic E-state index is -3.48. The van der Waals surface area contributed by atoms with Crippen molar-refractivity contribution >= 4 is 10.0 Å². The fourth-order valence-electron chi connectivity index (χ4n) is 3.83. The lowest BCUT2D eigenvalue weighted by molar-refractivity contribution is 0.167. The minimum Gasteiger partial charge on any atom is -0.487 e. The molecule has 0 spiro atoms. The van der Waals surface area contributed by atoms with E-state index < -0.39 is 10.0 Å². The number of fused-ring (bicyclic) bond motifs is 2. The topological polar surface area (TPSA) is 59.5 Å². The number of aromatic nitrogens is 1. The van der Waals surface area contributed by atoms with Crippen LogP contribution in [0.25, 0.3) is 0 Å². The van der Waals surface area contributed by atoms with Crippen LogP contribution in [0, 0.1) is 12.8 Å². The van der Waals surface area contributed by atoms with Crippen molar-refractivity contribution < 1.29 is 13.2 Å². The predicted octanol–water partition coefficient (Wildman–Crippen LogP) is 2.62. The van der Waals surface area contributed by atoms with Crippen LogP contribution in [-0.4, -0.2) is 36.4 Å². The van der Waals surface area contributed by atoms with Crippen molar-refractivity contribution in [1.29, 1.82) is 0 Å². The molecule has 0 amide bonds. The molecule has 1 saturated heterocycles. The Morgan fingerprint density at radius 1 is 1.21 bits per heavy atom. The van der Waals surface area contributed by atoms with E-state index in [0.29, 0.717) is 17.2 Å². The van der Waals surface area contributed by atoms with Crippen LogP contribution >= 0.6 is 0 Å². The highest BCUT2D eigenvalue weighted by Crippen LogP contribution is 2.42. The Bertz CT molecular complexity index is 838. The largest absolute Gasteiger partial charge is 0.487 e. The molecule has 2 heterocycles. The maximum absolute atomic E-state index is 13.0. The Hall–Kier alpha value is -1.92. The summed E-state index contributed by atoms with van der Waals surface area (Å²) < 4.78 is 33.8. The molecule has 6 heteroatoms. The second-order valence-electron chi connectivity index (χ2n) is 6.57. The predicted molar refractivity (Wildman–Crippen MR) is 90.2 cm³/mol. The zero-order valence-electron chi connectivity index (χ0n) is 13.5. The summed E-state index contributed by atoms with van der Waals surface area (Å²) in [4.78, 5) is 4.44. The summed E-state index contributed by atoms with van der Waals surface area (Å²) in [7, 11) is -3.48. The third-order valence-electron chi connectivity index (χ3n) is 4.96. The number of benzene rings is 1. The molecular formula is C18H20N2O3S. The number of hydrogen-bond donors (Lipinski definition) is 0. The fraction of sp³-hybridized carbons (Fsp3) is 0.389. The summed E-state index contributed by atoms with van der Waals surface area (Å²) in [6.07, 6.45) is 5.14. The molecule has 4 rings (SSSR count). The average molecular weight is 344 g/mol. The number of hydrogen-bond acceptors (Lipinski definition) is 4. The van der Waals surface area contributed by atoms with Crippen molar-refractivity contribution in [3.05, 3.63) is 54.4 Å². The van der Waals surface area contributed by atoms with E-state index >= 15 is 0 Å². The quantitative estimate of drug-likeness (QED) is 0.855. The van der Waals surface area contributed by atoms with E-state index in [0.717, 1.165) is 18.4 Å². The zero-order chi connectivity index (χ0) is 16.7. The molecule has 3 atom stereocenters. The van der Waals surface area contributed by atoms with Crippen LogP contribution in [0.3, 0.4) is 0 Å². The van der Waals surface area contributed by atoms with Gasteiger partial charge < -0.3 is 4.74 Å². The van der Waals surface area contributed by atoms with Gasteiger partial charge in [-0.1, -0.05) is 12.1 Å². The summed E-state index contributed by atoms with van der Waals surface area (Å²) in [6, 6.07) is 10.7. The Morgan fingerprint density at radius 3 is 2.83 bits per heavy atom. The lowest BCUT2D eigenvalue weighted by atomic mass is 10.1. The van der Waals surface area contributed by atoms with Crippen LogP contribution in [0.1, 0.15) is 18.4 Å². The number of pyridine rings is 1. The summed E-state index contributed by atoms with van der Waals surface area (Å²) in [6.45, 7) is 2.44. The number of aryl methyl sites for hydroxylation is 1. The van der Waals surface area contributed by atoms with Crippen molar-refractivity contribution in [1.82, 2.24) is 9.29 Å². The van der Waals surface area contributed by atoms with Crippen LogP contribution in [0.2, 0.25) is 0 Å². The molecule has 1 aliphatic heterocycles. The van der Waals surface area contributed by atoms with E-state index in [-0.39, 0.29) is 18.1 Å². The highest BCUT2D eigenvalue weighted by Gasteiger charge is 2.53. The minimum absolute atomic E-state index is 0.0891. The van der Waals surface area contributed by atoms with Gasteiger partial charge in [-0.3, -0.25) is 4.98 Å². The maximum Gasteiger partial charge on any atom is 0.243 e. The summed E-state index contributed by atoms with van der Waals surface area (Å²) >= 11 is 0. The third kappa shape index (κ3) is 2.59. The average Bonchev–Trinajstić information content (AvgIpc) is 3.13. The molecule has 0 radical (unpaired) electrons. The molecule has 2 fully saturated rings. The first-order valence-electron chi connectivity index (χ1n) is 8.21. The fourth-order valence-corrected chi connectivity index (χ4v) is 5.66. The Morgan fingerprint density at radius 2 is 2.08 bits per heavy atom. The maximum atomic E-state index is 13.0. The van der Waals surface area contributed by atoms with Gasteiger partial charge in [0.05, 0.1) is 17.1 Å². The molecule has 1 saturated carbocycles. The van der Waals surface area contributed by atoms with Gasteiger partial charge in [0.15, 0.2) is 0 Å². The molecule has 1 aromatic heterocycles. The van der Waals surface area contributed by atoms with Gasteiger partial charge in [-0.25, -0.2) is 8.42 Å². The molecule has 2 aromatic rings. The van der Waals surface area contributed by atoms with Crippen LogP contribution in [0.15, 0.2) is 53.7 Å². The van der Waals surface area contributed by atoms with Crippen LogP contribution in [0.5, 0.6) is 5.75 Å². The normalized spacial score (nSPS) is 26.6. The van der Waals surface area contributed by atoms with Crippen molar-refractivity contribution in [3.8, 4) is 5.75 Å². The molecule has 0 N–H and O–H groups in total. The number of piperidine rings is 1. The molecule has 2 aliphatic rings. The molecule has 1 aromatic carbocycles. The van der Waals surface area contributed by atoms with Gasteiger partial charge in [0.25, 0.3) is 0 Å². The van der Waals surface area contributed by atoms with Crippen LogP contribution < -0.4 is 4.74 Å².